The van der Waals surface area contributed by atoms with Crippen LogP contribution >= 0.6 is 11.6 Å². The monoisotopic (exact) mass is 216 g/mol. The lowest BCUT2D eigenvalue weighted by atomic mass is 9.91. The molecule has 1 fully saturated rings. The summed E-state index contributed by atoms with van der Waals surface area (Å²) in [6.45, 7) is 2.06. The zero-order chi connectivity index (χ0) is 10.3. The quantitative estimate of drug-likeness (QED) is 0.778. The van der Waals surface area contributed by atoms with E-state index < -0.39 is 5.60 Å². The van der Waals surface area contributed by atoms with Crippen LogP contribution in [0.3, 0.4) is 0 Å². The third-order valence-corrected chi connectivity index (χ3v) is 2.90. The van der Waals surface area contributed by atoms with Gasteiger partial charge in [-0.2, -0.15) is 0 Å². The van der Waals surface area contributed by atoms with Crippen LogP contribution in [0.1, 0.15) is 11.1 Å². The maximum absolute atomic E-state index is 13.1. The standard InChI is InChI=1S/C10H10ClFO2/c1-6-2-7(12)3-8(9(6)11)10(13)4-14-5-10/h2-3,13H,4-5H2,1H3. The Labute approximate surface area is 86.3 Å². The summed E-state index contributed by atoms with van der Waals surface area (Å²) in [7, 11) is 0. The number of aryl methyl sites for hydroxylation is 1. The smallest absolute Gasteiger partial charge is 0.138 e. The highest BCUT2D eigenvalue weighted by Crippen LogP contribution is 2.36. The summed E-state index contributed by atoms with van der Waals surface area (Å²) < 4.78 is 18.0. The predicted molar refractivity (Wildman–Crippen MR) is 50.9 cm³/mol. The topological polar surface area (TPSA) is 29.5 Å². The van der Waals surface area contributed by atoms with Crippen LogP contribution in [-0.2, 0) is 10.3 Å². The Morgan fingerprint density at radius 1 is 1.50 bits per heavy atom. The molecule has 0 saturated carbocycles. The molecule has 1 aromatic carbocycles. The van der Waals surface area contributed by atoms with E-state index in [2.05, 4.69) is 0 Å². The van der Waals surface area contributed by atoms with Gasteiger partial charge in [0.15, 0.2) is 0 Å². The van der Waals surface area contributed by atoms with E-state index in [0.717, 1.165) is 0 Å². The van der Waals surface area contributed by atoms with E-state index in [9.17, 15) is 9.50 Å². The van der Waals surface area contributed by atoms with Gasteiger partial charge in [-0.15, -0.1) is 0 Å². The summed E-state index contributed by atoms with van der Waals surface area (Å²) in [4.78, 5) is 0. The van der Waals surface area contributed by atoms with Crippen LogP contribution in [0.25, 0.3) is 0 Å². The minimum Gasteiger partial charge on any atom is -0.380 e. The van der Waals surface area contributed by atoms with Crippen LogP contribution in [0.2, 0.25) is 5.02 Å². The normalized spacial score (nSPS) is 19.1. The molecular formula is C10H10ClFO2. The molecule has 1 N–H and O–H groups in total. The van der Waals surface area contributed by atoms with Gasteiger partial charge in [-0.1, -0.05) is 11.6 Å². The van der Waals surface area contributed by atoms with E-state index in [-0.39, 0.29) is 19.0 Å². The fourth-order valence-electron chi connectivity index (χ4n) is 1.52. The molecule has 0 aliphatic carbocycles. The summed E-state index contributed by atoms with van der Waals surface area (Å²) in [6.07, 6.45) is 0. The lowest BCUT2D eigenvalue weighted by Gasteiger charge is -2.37. The minimum absolute atomic E-state index is 0.176. The largest absolute Gasteiger partial charge is 0.380 e. The second-order valence-electron chi connectivity index (χ2n) is 3.61. The zero-order valence-corrected chi connectivity index (χ0v) is 8.44. The van der Waals surface area contributed by atoms with Crippen LogP contribution < -0.4 is 0 Å². The molecule has 2 nitrogen and oxygen atoms in total. The molecule has 0 amide bonds. The molecule has 0 radical (unpaired) electrons. The average molecular weight is 217 g/mol. The molecule has 1 aromatic rings. The van der Waals surface area contributed by atoms with Gasteiger partial charge in [0.1, 0.15) is 11.4 Å². The number of hydrogen-bond donors (Lipinski definition) is 1. The molecule has 2 rings (SSSR count). The minimum atomic E-state index is -1.11. The van der Waals surface area contributed by atoms with Gasteiger partial charge in [-0.05, 0) is 24.6 Å². The highest BCUT2D eigenvalue weighted by Gasteiger charge is 2.40. The molecule has 1 aliphatic rings. The zero-order valence-electron chi connectivity index (χ0n) is 7.68. The van der Waals surface area contributed by atoms with Crippen molar-refractivity contribution in [1.29, 1.82) is 0 Å². The van der Waals surface area contributed by atoms with E-state index in [1.165, 1.54) is 12.1 Å². The summed E-state index contributed by atoms with van der Waals surface area (Å²) in [5, 5.41) is 10.3. The summed E-state index contributed by atoms with van der Waals surface area (Å²) >= 11 is 5.98. The maximum atomic E-state index is 13.1. The van der Waals surface area contributed by atoms with Crippen molar-refractivity contribution in [3.8, 4) is 0 Å². The molecule has 1 saturated heterocycles. The predicted octanol–water partition coefficient (Wildman–Crippen LogP) is 2.01. The molecule has 76 valence electrons. The second kappa shape index (κ2) is 3.19. The van der Waals surface area contributed by atoms with Gasteiger partial charge in [-0.3, -0.25) is 0 Å². The molecule has 4 heteroatoms. The summed E-state index contributed by atoms with van der Waals surface area (Å²) in [6, 6.07) is 2.60. The fraction of sp³-hybridized carbons (Fsp3) is 0.400. The van der Waals surface area contributed by atoms with Crippen LogP contribution in [-0.4, -0.2) is 18.3 Å². The van der Waals surface area contributed by atoms with Crippen LogP contribution in [0.5, 0.6) is 0 Å². The number of aliphatic hydroxyl groups is 1. The average Bonchev–Trinajstić information content (AvgIpc) is 2.07. The first-order valence-electron chi connectivity index (χ1n) is 4.29. The molecule has 0 bridgehead atoms. The van der Waals surface area contributed by atoms with Crippen molar-refractivity contribution >= 4 is 11.6 Å². The molecule has 14 heavy (non-hydrogen) atoms. The van der Waals surface area contributed by atoms with E-state index in [1.807, 2.05) is 0 Å². The van der Waals surface area contributed by atoms with Gasteiger partial charge in [-0.25, -0.2) is 4.39 Å². The van der Waals surface area contributed by atoms with Crippen molar-refractivity contribution in [3.05, 3.63) is 34.1 Å². The number of ether oxygens (including phenoxy) is 1. The van der Waals surface area contributed by atoms with E-state index >= 15 is 0 Å². The summed E-state index contributed by atoms with van der Waals surface area (Å²) in [5.74, 6) is -0.387. The number of halogens is 2. The molecule has 0 aromatic heterocycles. The first-order valence-corrected chi connectivity index (χ1v) is 4.67. The van der Waals surface area contributed by atoms with E-state index in [0.29, 0.717) is 16.1 Å². The summed E-state index contributed by atoms with van der Waals surface area (Å²) in [5.41, 5.74) is -0.0610. The van der Waals surface area contributed by atoms with Gasteiger partial charge in [0, 0.05) is 10.6 Å². The van der Waals surface area contributed by atoms with E-state index in [4.69, 9.17) is 16.3 Å². The lowest BCUT2D eigenvalue weighted by Crippen LogP contribution is -2.46. The number of benzene rings is 1. The SMILES string of the molecule is Cc1cc(F)cc(C2(O)COC2)c1Cl. The van der Waals surface area contributed by atoms with Crippen molar-refractivity contribution in [3.63, 3.8) is 0 Å². The number of rotatable bonds is 1. The van der Waals surface area contributed by atoms with Crippen molar-refractivity contribution in [2.45, 2.75) is 12.5 Å². The van der Waals surface area contributed by atoms with Gasteiger partial charge in [0.05, 0.1) is 13.2 Å². The van der Waals surface area contributed by atoms with Gasteiger partial charge in [0.25, 0.3) is 0 Å². The van der Waals surface area contributed by atoms with Gasteiger partial charge < -0.3 is 9.84 Å². The van der Waals surface area contributed by atoms with Crippen molar-refractivity contribution < 1.29 is 14.2 Å². The maximum Gasteiger partial charge on any atom is 0.138 e. The Balaban J connectivity index is 2.51. The number of hydrogen-bond acceptors (Lipinski definition) is 2. The molecule has 0 atom stereocenters. The Hall–Kier alpha value is -0.640. The van der Waals surface area contributed by atoms with Crippen molar-refractivity contribution in [1.82, 2.24) is 0 Å². The van der Waals surface area contributed by atoms with Crippen molar-refractivity contribution in [2.24, 2.45) is 0 Å². The van der Waals surface area contributed by atoms with E-state index in [1.54, 1.807) is 6.92 Å². The molecule has 1 aliphatic heterocycles. The van der Waals surface area contributed by atoms with Crippen LogP contribution in [0.4, 0.5) is 4.39 Å². The highest BCUT2D eigenvalue weighted by molar-refractivity contribution is 6.32. The van der Waals surface area contributed by atoms with Crippen LogP contribution in [0.15, 0.2) is 12.1 Å². The second-order valence-corrected chi connectivity index (χ2v) is 3.99. The molecule has 0 unspecified atom stereocenters. The van der Waals surface area contributed by atoms with Crippen molar-refractivity contribution in [2.75, 3.05) is 13.2 Å². The molecular weight excluding hydrogens is 207 g/mol. The Bertz CT molecular complexity index is 375. The Morgan fingerprint density at radius 2 is 2.14 bits per heavy atom. The Morgan fingerprint density at radius 3 is 2.64 bits per heavy atom. The fourth-order valence-corrected chi connectivity index (χ4v) is 1.80. The molecule has 0 spiro atoms. The van der Waals surface area contributed by atoms with Gasteiger partial charge in [0.2, 0.25) is 0 Å². The highest BCUT2D eigenvalue weighted by atomic mass is 35.5. The first kappa shape index (κ1) is 9.90. The Kier molecular flexibility index (Phi) is 2.26. The first-order chi connectivity index (χ1) is 6.53. The third-order valence-electron chi connectivity index (χ3n) is 2.40. The molecule has 1 heterocycles. The third kappa shape index (κ3) is 1.41. The lowest BCUT2D eigenvalue weighted by molar-refractivity contribution is -0.184. The van der Waals surface area contributed by atoms with Gasteiger partial charge >= 0.3 is 0 Å². The van der Waals surface area contributed by atoms with Crippen LogP contribution in [0, 0.1) is 12.7 Å².